The molecule has 0 saturated carbocycles. The van der Waals surface area contributed by atoms with Crippen molar-refractivity contribution in [2.45, 2.75) is 18.6 Å². The van der Waals surface area contributed by atoms with Gasteiger partial charge in [-0.25, -0.2) is 4.39 Å². The van der Waals surface area contributed by atoms with Crippen LogP contribution in [0, 0.1) is 5.82 Å². The standard InChI is InChI=1S/C15H13FO6/c16-9-5-12(20)11(19)3-7(9)15-13(21)4-8-10(18)1-6(17)2-14(8)22-15/h1-3,5,13,15,17-21H,4H2/t13-,15-/m0/s1. The van der Waals surface area contributed by atoms with Gasteiger partial charge in [-0.15, -0.1) is 0 Å². The number of halogens is 1. The summed E-state index contributed by atoms with van der Waals surface area (Å²) in [7, 11) is 0. The average Bonchev–Trinajstić information content (AvgIpc) is 2.43. The van der Waals surface area contributed by atoms with E-state index in [-0.39, 0.29) is 29.2 Å². The van der Waals surface area contributed by atoms with Crippen LogP contribution in [0.1, 0.15) is 17.2 Å². The second-order valence-corrected chi connectivity index (χ2v) is 5.11. The Morgan fingerprint density at radius 1 is 0.955 bits per heavy atom. The summed E-state index contributed by atoms with van der Waals surface area (Å²) in [6.45, 7) is 0. The van der Waals surface area contributed by atoms with E-state index in [9.17, 15) is 29.9 Å². The van der Waals surface area contributed by atoms with Gasteiger partial charge in [-0.05, 0) is 6.07 Å². The molecule has 0 fully saturated rings. The number of fused-ring (bicyclic) bond motifs is 1. The van der Waals surface area contributed by atoms with Crippen molar-refractivity contribution in [3.63, 3.8) is 0 Å². The van der Waals surface area contributed by atoms with Crippen LogP contribution in [-0.2, 0) is 6.42 Å². The SMILES string of the molecule is Oc1cc(O)c2c(c1)O[C@@H](c1cc(O)c(O)cc1F)[C@@H](O)C2. The minimum atomic E-state index is -1.18. The molecule has 6 nitrogen and oxygen atoms in total. The average molecular weight is 308 g/mol. The second kappa shape index (κ2) is 4.96. The van der Waals surface area contributed by atoms with Gasteiger partial charge in [-0.2, -0.15) is 0 Å². The Labute approximate surface area is 124 Å². The molecule has 0 saturated heterocycles. The molecular formula is C15H13FO6. The second-order valence-electron chi connectivity index (χ2n) is 5.11. The van der Waals surface area contributed by atoms with E-state index in [1.54, 1.807) is 0 Å². The number of phenols is 4. The van der Waals surface area contributed by atoms with Crippen molar-refractivity contribution in [2.75, 3.05) is 0 Å². The Hall–Kier alpha value is -2.67. The summed E-state index contributed by atoms with van der Waals surface area (Å²) < 4.78 is 19.4. The molecule has 0 spiro atoms. The minimum absolute atomic E-state index is 0.0206. The zero-order valence-corrected chi connectivity index (χ0v) is 11.2. The zero-order chi connectivity index (χ0) is 16.0. The van der Waals surface area contributed by atoms with E-state index in [0.717, 1.165) is 18.2 Å². The zero-order valence-electron chi connectivity index (χ0n) is 11.2. The lowest BCUT2D eigenvalue weighted by Gasteiger charge is -2.31. The van der Waals surface area contributed by atoms with Crippen LogP contribution in [0.15, 0.2) is 24.3 Å². The molecule has 0 bridgehead atoms. The smallest absolute Gasteiger partial charge is 0.160 e. The minimum Gasteiger partial charge on any atom is -0.508 e. The van der Waals surface area contributed by atoms with Gasteiger partial charge in [-0.1, -0.05) is 0 Å². The van der Waals surface area contributed by atoms with Crippen molar-refractivity contribution in [3.8, 4) is 28.7 Å². The number of ether oxygens (including phenoxy) is 1. The molecule has 0 aliphatic carbocycles. The molecular weight excluding hydrogens is 295 g/mol. The normalized spacial score (nSPS) is 20.3. The Balaban J connectivity index is 2.05. The summed E-state index contributed by atoms with van der Waals surface area (Å²) in [6, 6.07) is 4.04. The van der Waals surface area contributed by atoms with E-state index in [1.807, 2.05) is 0 Å². The van der Waals surface area contributed by atoms with Crippen LogP contribution in [0.5, 0.6) is 28.7 Å². The van der Waals surface area contributed by atoms with Crippen LogP contribution in [0.2, 0.25) is 0 Å². The van der Waals surface area contributed by atoms with Crippen LogP contribution < -0.4 is 4.74 Å². The Morgan fingerprint density at radius 3 is 2.36 bits per heavy atom. The molecule has 7 heteroatoms. The van der Waals surface area contributed by atoms with Crippen LogP contribution >= 0.6 is 0 Å². The number of aliphatic hydroxyl groups excluding tert-OH is 1. The summed E-state index contributed by atoms with van der Waals surface area (Å²) in [4.78, 5) is 0. The van der Waals surface area contributed by atoms with E-state index in [2.05, 4.69) is 0 Å². The maximum Gasteiger partial charge on any atom is 0.160 e. The summed E-state index contributed by atoms with van der Waals surface area (Å²) in [5, 5.41) is 48.1. The lowest BCUT2D eigenvalue weighted by molar-refractivity contribution is 0.0177. The molecule has 2 aromatic rings. The predicted octanol–water partition coefficient (Wildman–Crippen LogP) is 1.69. The summed E-state index contributed by atoms with van der Waals surface area (Å²) in [5.41, 5.74) is 0.154. The molecule has 0 radical (unpaired) electrons. The van der Waals surface area contributed by atoms with Gasteiger partial charge in [0.1, 0.15) is 23.1 Å². The van der Waals surface area contributed by atoms with Crippen LogP contribution in [0.4, 0.5) is 4.39 Å². The topological polar surface area (TPSA) is 110 Å². The van der Waals surface area contributed by atoms with Crippen LogP contribution in [-0.4, -0.2) is 31.6 Å². The first-order valence-corrected chi connectivity index (χ1v) is 6.47. The molecule has 2 atom stereocenters. The fourth-order valence-corrected chi connectivity index (χ4v) is 2.51. The highest BCUT2D eigenvalue weighted by Crippen LogP contribution is 2.43. The van der Waals surface area contributed by atoms with Crippen molar-refractivity contribution < 1.29 is 34.7 Å². The number of hydrogen-bond donors (Lipinski definition) is 5. The maximum absolute atomic E-state index is 14.0. The van der Waals surface area contributed by atoms with Crippen LogP contribution in [0.25, 0.3) is 0 Å². The van der Waals surface area contributed by atoms with Crippen molar-refractivity contribution >= 4 is 0 Å². The van der Waals surface area contributed by atoms with E-state index in [4.69, 9.17) is 4.74 Å². The number of rotatable bonds is 1. The number of phenolic OH excluding ortho intramolecular Hbond substituents is 4. The first-order valence-electron chi connectivity index (χ1n) is 6.47. The lowest BCUT2D eigenvalue weighted by atomic mass is 9.93. The van der Waals surface area contributed by atoms with Gasteiger partial charge in [0.25, 0.3) is 0 Å². The molecule has 2 aromatic carbocycles. The van der Waals surface area contributed by atoms with Crippen molar-refractivity contribution in [3.05, 3.63) is 41.2 Å². The third kappa shape index (κ3) is 2.25. The van der Waals surface area contributed by atoms with E-state index < -0.39 is 29.5 Å². The highest BCUT2D eigenvalue weighted by molar-refractivity contribution is 5.52. The number of aromatic hydroxyl groups is 4. The fourth-order valence-electron chi connectivity index (χ4n) is 2.51. The number of benzene rings is 2. The van der Waals surface area contributed by atoms with E-state index >= 15 is 0 Å². The van der Waals surface area contributed by atoms with Gasteiger partial charge in [0, 0.05) is 35.7 Å². The molecule has 3 rings (SSSR count). The largest absolute Gasteiger partial charge is 0.508 e. The quantitative estimate of drug-likeness (QED) is 0.513. The fraction of sp³-hybridized carbons (Fsp3) is 0.200. The molecule has 22 heavy (non-hydrogen) atoms. The van der Waals surface area contributed by atoms with Gasteiger partial charge in [0.05, 0.1) is 6.10 Å². The Bertz CT molecular complexity index is 745. The lowest BCUT2D eigenvalue weighted by Crippen LogP contribution is -2.31. The molecule has 5 N–H and O–H groups in total. The Morgan fingerprint density at radius 2 is 1.64 bits per heavy atom. The third-order valence-corrected chi connectivity index (χ3v) is 3.59. The van der Waals surface area contributed by atoms with E-state index in [0.29, 0.717) is 5.56 Å². The number of aliphatic hydroxyl groups is 1. The summed E-state index contributed by atoms with van der Waals surface area (Å²) >= 11 is 0. The van der Waals surface area contributed by atoms with Gasteiger partial charge < -0.3 is 30.3 Å². The predicted molar refractivity (Wildman–Crippen MR) is 72.6 cm³/mol. The molecule has 0 amide bonds. The van der Waals surface area contributed by atoms with Crippen molar-refractivity contribution in [1.29, 1.82) is 0 Å². The Kier molecular flexibility index (Phi) is 3.22. The van der Waals surface area contributed by atoms with Crippen molar-refractivity contribution in [2.24, 2.45) is 0 Å². The number of hydrogen-bond acceptors (Lipinski definition) is 6. The monoisotopic (exact) mass is 308 g/mol. The molecule has 1 heterocycles. The van der Waals surface area contributed by atoms with Crippen molar-refractivity contribution in [1.82, 2.24) is 0 Å². The van der Waals surface area contributed by atoms with Gasteiger partial charge in [-0.3, -0.25) is 0 Å². The first kappa shape index (κ1) is 14.3. The van der Waals surface area contributed by atoms with E-state index in [1.165, 1.54) is 6.07 Å². The molecule has 0 unspecified atom stereocenters. The summed E-state index contributed by atoms with van der Waals surface area (Å²) in [6.07, 6.45) is -2.35. The molecule has 1 aliphatic rings. The molecule has 116 valence electrons. The summed E-state index contributed by atoms with van der Waals surface area (Å²) in [5.74, 6) is -2.38. The molecule has 0 aromatic heterocycles. The first-order chi connectivity index (χ1) is 10.4. The molecule has 1 aliphatic heterocycles. The highest BCUT2D eigenvalue weighted by Gasteiger charge is 2.34. The maximum atomic E-state index is 14.0. The van der Waals surface area contributed by atoms with Crippen LogP contribution in [0.3, 0.4) is 0 Å². The van der Waals surface area contributed by atoms with Gasteiger partial charge in [0.15, 0.2) is 17.6 Å². The highest BCUT2D eigenvalue weighted by atomic mass is 19.1. The van der Waals surface area contributed by atoms with Gasteiger partial charge in [0.2, 0.25) is 0 Å². The third-order valence-electron chi connectivity index (χ3n) is 3.59. The van der Waals surface area contributed by atoms with Gasteiger partial charge >= 0.3 is 0 Å².